The molecule has 0 unspecified atom stereocenters. The quantitative estimate of drug-likeness (QED) is 0.778. The Kier molecular flexibility index (Phi) is 4.52. The lowest BCUT2D eigenvalue weighted by Gasteiger charge is -2.36. The Morgan fingerprint density at radius 1 is 0.955 bits per heavy atom. The van der Waals surface area contributed by atoms with E-state index in [1.54, 1.807) is 6.07 Å². The van der Waals surface area contributed by atoms with E-state index in [0.29, 0.717) is 18.8 Å². The molecule has 1 amide bonds. The molecule has 1 heterocycles. The van der Waals surface area contributed by atoms with Crippen molar-refractivity contribution in [2.45, 2.75) is 0 Å². The number of nitrogens with zero attached hydrogens (tertiary/aromatic N) is 2. The molecule has 0 saturated carbocycles. The van der Waals surface area contributed by atoms with E-state index in [1.165, 1.54) is 0 Å². The van der Waals surface area contributed by atoms with Gasteiger partial charge >= 0.3 is 0 Å². The Labute approximate surface area is 143 Å². The minimum absolute atomic E-state index is 0.0851. The molecule has 0 aliphatic carbocycles. The average Bonchev–Trinajstić information content (AvgIpc) is 2.55. The van der Waals surface area contributed by atoms with E-state index >= 15 is 0 Å². The minimum Gasteiger partial charge on any atom is -0.506 e. The third-order valence-electron chi connectivity index (χ3n) is 3.89. The van der Waals surface area contributed by atoms with E-state index in [0.717, 1.165) is 27.9 Å². The number of hydrogen-bond acceptors (Lipinski definition) is 3. The highest BCUT2D eigenvalue weighted by atomic mass is 127. The highest BCUT2D eigenvalue weighted by Crippen LogP contribution is 2.27. The number of aromatic hydroxyl groups is 1. The summed E-state index contributed by atoms with van der Waals surface area (Å²) in [4.78, 5) is 16.6. The van der Waals surface area contributed by atoms with Crippen LogP contribution >= 0.6 is 22.6 Å². The average molecular weight is 408 g/mol. The number of piperazine rings is 1. The summed E-state index contributed by atoms with van der Waals surface area (Å²) in [7, 11) is 0. The maximum Gasteiger partial charge on any atom is 0.255 e. The van der Waals surface area contributed by atoms with Crippen molar-refractivity contribution in [2.75, 3.05) is 31.1 Å². The largest absolute Gasteiger partial charge is 0.506 e. The lowest BCUT2D eigenvalue weighted by atomic mass is 10.1. The second kappa shape index (κ2) is 6.56. The van der Waals surface area contributed by atoms with Crippen LogP contribution in [0.4, 0.5) is 5.69 Å². The first-order valence-electron chi connectivity index (χ1n) is 7.23. The lowest BCUT2D eigenvalue weighted by Crippen LogP contribution is -2.49. The zero-order valence-electron chi connectivity index (χ0n) is 12.1. The van der Waals surface area contributed by atoms with Crippen LogP contribution < -0.4 is 4.90 Å². The van der Waals surface area contributed by atoms with Gasteiger partial charge in [-0.2, -0.15) is 0 Å². The van der Waals surface area contributed by atoms with Gasteiger partial charge in [-0.3, -0.25) is 4.79 Å². The summed E-state index contributed by atoms with van der Waals surface area (Å²) in [5.74, 6) is 0.377. The van der Waals surface area contributed by atoms with Crippen LogP contribution in [0.3, 0.4) is 0 Å². The predicted octanol–water partition coefficient (Wildman–Crippen LogP) is 2.96. The van der Waals surface area contributed by atoms with Gasteiger partial charge in [-0.15, -0.1) is 0 Å². The number of anilines is 1. The summed E-state index contributed by atoms with van der Waals surface area (Å²) in [5, 5.41) is 9.93. The van der Waals surface area contributed by atoms with Gasteiger partial charge in [-0.1, -0.05) is 24.3 Å². The Morgan fingerprint density at radius 2 is 1.59 bits per heavy atom. The van der Waals surface area contributed by atoms with Crippen molar-refractivity contribution >= 4 is 34.2 Å². The maximum absolute atomic E-state index is 12.6. The molecular formula is C17H17IN2O2. The van der Waals surface area contributed by atoms with Crippen molar-refractivity contribution in [3.05, 3.63) is 57.7 Å². The van der Waals surface area contributed by atoms with E-state index in [9.17, 15) is 9.90 Å². The third-order valence-corrected chi connectivity index (χ3v) is 4.83. The first-order valence-corrected chi connectivity index (χ1v) is 8.31. The lowest BCUT2D eigenvalue weighted by molar-refractivity contribution is 0.0745. The minimum atomic E-state index is 0.0851. The Balaban J connectivity index is 1.68. The number of carbonyl (C=O) groups is 1. The summed E-state index contributed by atoms with van der Waals surface area (Å²) in [5.41, 5.74) is 1.60. The normalized spacial score (nSPS) is 15.0. The van der Waals surface area contributed by atoms with Gasteiger partial charge in [-0.05, 0) is 46.9 Å². The van der Waals surface area contributed by atoms with Crippen LogP contribution in [0.25, 0.3) is 0 Å². The number of hydrogen-bond donors (Lipinski definition) is 1. The second-order valence-corrected chi connectivity index (χ2v) is 6.41. The molecule has 1 saturated heterocycles. The van der Waals surface area contributed by atoms with Crippen LogP contribution in [0.2, 0.25) is 0 Å². The number of benzene rings is 2. The summed E-state index contributed by atoms with van der Waals surface area (Å²) in [6.07, 6.45) is 0. The summed E-state index contributed by atoms with van der Waals surface area (Å²) in [6, 6.07) is 15.0. The number of para-hydroxylation sites is 2. The summed E-state index contributed by atoms with van der Waals surface area (Å²) >= 11 is 2.20. The third kappa shape index (κ3) is 3.04. The molecule has 3 rings (SSSR count). The van der Waals surface area contributed by atoms with Crippen LogP contribution in [0.5, 0.6) is 5.75 Å². The van der Waals surface area contributed by atoms with Crippen molar-refractivity contribution in [3.8, 4) is 5.75 Å². The topological polar surface area (TPSA) is 43.8 Å². The van der Waals surface area contributed by atoms with Crippen LogP contribution in [-0.4, -0.2) is 42.1 Å². The van der Waals surface area contributed by atoms with Crippen LogP contribution in [0.15, 0.2) is 48.5 Å². The standard InChI is InChI=1S/C17H17IN2O2/c18-14-6-2-1-5-13(14)17(22)20-11-9-19(10-12-20)15-7-3-4-8-16(15)21/h1-8,21H,9-12H2. The molecule has 22 heavy (non-hydrogen) atoms. The van der Waals surface area contributed by atoms with Gasteiger partial charge in [-0.25, -0.2) is 0 Å². The number of amides is 1. The highest BCUT2D eigenvalue weighted by Gasteiger charge is 2.24. The Bertz CT molecular complexity index is 682. The maximum atomic E-state index is 12.6. The Morgan fingerprint density at radius 3 is 2.27 bits per heavy atom. The molecule has 4 nitrogen and oxygen atoms in total. The van der Waals surface area contributed by atoms with E-state index < -0.39 is 0 Å². The van der Waals surface area contributed by atoms with Gasteiger partial charge in [0.2, 0.25) is 0 Å². The Hall–Kier alpha value is -1.76. The molecule has 0 spiro atoms. The highest BCUT2D eigenvalue weighted by molar-refractivity contribution is 14.1. The molecule has 2 aromatic rings. The molecule has 1 aliphatic heterocycles. The van der Waals surface area contributed by atoms with Gasteiger partial charge in [0.25, 0.3) is 5.91 Å². The van der Waals surface area contributed by atoms with Crippen molar-refractivity contribution in [2.24, 2.45) is 0 Å². The van der Waals surface area contributed by atoms with Gasteiger partial charge in [0.15, 0.2) is 0 Å². The van der Waals surface area contributed by atoms with E-state index in [4.69, 9.17) is 0 Å². The fourth-order valence-electron chi connectivity index (χ4n) is 2.69. The van der Waals surface area contributed by atoms with Crippen molar-refractivity contribution in [1.82, 2.24) is 4.90 Å². The SMILES string of the molecule is O=C(c1ccccc1I)N1CCN(c2ccccc2O)CC1. The second-order valence-electron chi connectivity index (χ2n) is 5.25. The van der Waals surface area contributed by atoms with E-state index in [-0.39, 0.29) is 5.91 Å². The first-order chi connectivity index (χ1) is 10.7. The van der Waals surface area contributed by atoms with E-state index in [1.807, 2.05) is 47.4 Å². The van der Waals surface area contributed by atoms with Crippen LogP contribution in [0, 0.1) is 3.57 Å². The van der Waals surface area contributed by atoms with Gasteiger partial charge < -0.3 is 14.9 Å². The number of halogens is 1. The molecule has 0 atom stereocenters. The van der Waals surface area contributed by atoms with Crippen LogP contribution in [0.1, 0.15) is 10.4 Å². The molecule has 0 aromatic heterocycles. The fraction of sp³-hybridized carbons (Fsp3) is 0.235. The number of phenols is 1. The number of rotatable bonds is 2. The molecule has 1 N–H and O–H groups in total. The zero-order chi connectivity index (χ0) is 15.5. The first kappa shape index (κ1) is 15.1. The van der Waals surface area contributed by atoms with Crippen molar-refractivity contribution in [3.63, 3.8) is 0 Å². The van der Waals surface area contributed by atoms with Gasteiger partial charge in [0.05, 0.1) is 11.3 Å². The smallest absolute Gasteiger partial charge is 0.255 e. The molecule has 114 valence electrons. The molecule has 0 bridgehead atoms. The number of phenolic OH excluding ortho intramolecular Hbond substituents is 1. The van der Waals surface area contributed by atoms with Crippen molar-refractivity contribution < 1.29 is 9.90 Å². The zero-order valence-corrected chi connectivity index (χ0v) is 14.2. The number of carbonyl (C=O) groups excluding carboxylic acids is 1. The molecule has 2 aromatic carbocycles. The monoisotopic (exact) mass is 408 g/mol. The summed E-state index contributed by atoms with van der Waals surface area (Å²) in [6.45, 7) is 2.79. The predicted molar refractivity (Wildman–Crippen MR) is 95.4 cm³/mol. The van der Waals surface area contributed by atoms with Gasteiger partial charge in [0.1, 0.15) is 5.75 Å². The molecular weight excluding hydrogens is 391 g/mol. The fourth-order valence-corrected chi connectivity index (χ4v) is 3.31. The van der Waals surface area contributed by atoms with Gasteiger partial charge in [0, 0.05) is 29.7 Å². The molecule has 1 aliphatic rings. The van der Waals surface area contributed by atoms with E-state index in [2.05, 4.69) is 27.5 Å². The molecule has 5 heteroatoms. The molecule has 1 fully saturated rings. The van der Waals surface area contributed by atoms with Crippen LogP contribution in [-0.2, 0) is 0 Å². The summed E-state index contributed by atoms with van der Waals surface area (Å²) < 4.78 is 0.980. The molecule has 0 radical (unpaired) electrons. The van der Waals surface area contributed by atoms with Crippen molar-refractivity contribution in [1.29, 1.82) is 0 Å².